The number of nitrogens with one attached hydrogen (secondary N) is 1. The van der Waals surface area contributed by atoms with Crippen molar-refractivity contribution in [3.63, 3.8) is 0 Å². The third-order valence-electron chi connectivity index (χ3n) is 4.27. The minimum absolute atomic E-state index is 0.205. The summed E-state index contributed by atoms with van der Waals surface area (Å²) in [6.45, 7) is 2.27. The van der Waals surface area contributed by atoms with Crippen LogP contribution in [0.1, 0.15) is 51.9 Å². The first-order valence-corrected chi connectivity index (χ1v) is 9.99. The Balaban J connectivity index is 1.65. The summed E-state index contributed by atoms with van der Waals surface area (Å²) in [5.41, 5.74) is 0. The summed E-state index contributed by atoms with van der Waals surface area (Å²) < 4.78 is 0. The van der Waals surface area contributed by atoms with Gasteiger partial charge < -0.3 is 5.32 Å². The molecule has 1 atom stereocenters. The zero-order valence-corrected chi connectivity index (χ0v) is 13.7. The lowest BCUT2D eigenvalue weighted by Crippen LogP contribution is -2.43. The smallest absolute Gasteiger partial charge is 0.234 e. The van der Waals surface area contributed by atoms with Crippen LogP contribution in [0.5, 0.6) is 0 Å². The molecule has 19 heavy (non-hydrogen) atoms. The largest absolute Gasteiger partial charge is 0.352 e. The van der Waals surface area contributed by atoms with E-state index in [2.05, 4.69) is 12.2 Å². The quantitative estimate of drug-likeness (QED) is 0.839. The van der Waals surface area contributed by atoms with E-state index in [-0.39, 0.29) is 5.25 Å². The van der Waals surface area contributed by atoms with E-state index >= 15 is 0 Å². The molecule has 1 aliphatic carbocycles. The van der Waals surface area contributed by atoms with Gasteiger partial charge in [0.2, 0.25) is 5.91 Å². The van der Waals surface area contributed by atoms with E-state index < -0.39 is 0 Å². The van der Waals surface area contributed by atoms with E-state index in [1.165, 1.54) is 50.7 Å². The van der Waals surface area contributed by atoms with Gasteiger partial charge in [0.1, 0.15) is 0 Å². The van der Waals surface area contributed by atoms with Gasteiger partial charge in [-0.05, 0) is 31.6 Å². The molecule has 1 saturated carbocycles. The number of thioether (sulfide) groups is 2. The monoisotopic (exact) mass is 301 g/mol. The van der Waals surface area contributed by atoms with Gasteiger partial charge in [0.05, 0.1) is 5.25 Å². The van der Waals surface area contributed by atoms with E-state index in [4.69, 9.17) is 0 Å². The number of unbranched alkanes of at least 4 members (excludes halogenated alkanes) is 1. The zero-order chi connectivity index (χ0) is 13.5. The van der Waals surface area contributed by atoms with Gasteiger partial charge in [-0.1, -0.05) is 26.2 Å². The minimum Gasteiger partial charge on any atom is -0.352 e. The van der Waals surface area contributed by atoms with E-state index in [1.54, 1.807) is 0 Å². The Kier molecular flexibility index (Phi) is 6.92. The molecule has 0 aromatic rings. The van der Waals surface area contributed by atoms with Gasteiger partial charge in [-0.3, -0.25) is 4.79 Å². The Labute approximate surface area is 126 Å². The highest BCUT2D eigenvalue weighted by Gasteiger charge is 2.26. The molecule has 1 heterocycles. The Bertz CT molecular complexity index is 271. The van der Waals surface area contributed by atoms with Gasteiger partial charge in [0.15, 0.2) is 0 Å². The Morgan fingerprint density at radius 1 is 1.21 bits per heavy atom. The standard InChI is InChI=1S/C15H27NOS2/c1-2-3-4-12-5-7-13(8-6-12)16-15(17)14-11-18-9-10-19-14/h12-14H,2-11H2,1H3,(H,16,17)/t12?,13?,14-/m1/s1. The molecule has 0 bridgehead atoms. The Morgan fingerprint density at radius 2 is 2.00 bits per heavy atom. The Hall–Kier alpha value is 0.170. The van der Waals surface area contributed by atoms with Crippen LogP contribution in [-0.4, -0.2) is 34.5 Å². The molecule has 1 N–H and O–H groups in total. The van der Waals surface area contributed by atoms with E-state index in [1.807, 2.05) is 23.5 Å². The molecule has 2 rings (SSSR count). The fraction of sp³-hybridized carbons (Fsp3) is 0.933. The lowest BCUT2D eigenvalue weighted by Gasteiger charge is -2.30. The number of hydrogen-bond donors (Lipinski definition) is 1. The summed E-state index contributed by atoms with van der Waals surface area (Å²) in [7, 11) is 0. The maximum absolute atomic E-state index is 12.2. The molecule has 1 amide bonds. The van der Waals surface area contributed by atoms with Crippen LogP contribution >= 0.6 is 23.5 Å². The lowest BCUT2D eigenvalue weighted by atomic mass is 9.83. The number of hydrogen-bond acceptors (Lipinski definition) is 3. The van der Waals surface area contributed by atoms with Gasteiger partial charge in [-0.2, -0.15) is 11.8 Å². The summed E-state index contributed by atoms with van der Waals surface area (Å²) in [5.74, 6) is 4.56. The zero-order valence-electron chi connectivity index (χ0n) is 12.0. The second-order valence-corrected chi connectivity index (χ2v) is 8.26. The van der Waals surface area contributed by atoms with Crippen molar-refractivity contribution < 1.29 is 4.79 Å². The second kappa shape index (κ2) is 8.46. The summed E-state index contributed by atoms with van der Waals surface area (Å²) in [4.78, 5) is 12.2. The number of amides is 1. The van der Waals surface area contributed by atoms with Gasteiger partial charge in [-0.15, -0.1) is 11.8 Å². The third-order valence-corrected chi connectivity index (χ3v) is 7.02. The average Bonchev–Trinajstić information content (AvgIpc) is 2.47. The molecule has 0 radical (unpaired) electrons. The predicted molar refractivity (Wildman–Crippen MR) is 87.0 cm³/mol. The highest BCUT2D eigenvalue weighted by Crippen LogP contribution is 2.29. The fourth-order valence-electron chi connectivity index (χ4n) is 3.02. The number of carbonyl (C=O) groups is 1. The maximum atomic E-state index is 12.2. The maximum Gasteiger partial charge on any atom is 0.234 e. The van der Waals surface area contributed by atoms with E-state index in [9.17, 15) is 4.79 Å². The summed E-state index contributed by atoms with van der Waals surface area (Å²) in [5, 5.41) is 3.50. The molecule has 1 saturated heterocycles. The van der Waals surface area contributed by atoms with Crippen molar-refractivity contribution in [1.82, 2.24) is 5.32 Å². The second-order valence-electron chi connectivity index (χ2n) is 5.80. The minimum atomic E-state index is 0.205. The van der Waals surface area contributed by atoms with Crippen LogP contribution in [0.2, 0.25) is 0 Å². The molecular weight excluding hydrogens is 274 g/mol. The molecule has 0 unspecified atom stereocenters. The van der Waals surface area contributed by atoms with Gasteiger partial charge in [-0.25, -0.2) is 0 Å². The SMILES string of the molecule is CCCCC1CCC(NC(=O)[C@H]2CSCCS2)CC1. The van der Waals surface area contributed by atoms with Crippen LogP contribution in [0.4, 0.5) is 0 Å². The lowest BCUT2D eigenvalue weighted by molar-refractivity contribution is -0.121. The van der Waals surface area contributed by atoms with Crippen molar-refractivity contribution in [2.75, 3.05) is 17.3 Å². The first-order valence-electron chi connectivity index (χ1n) is 7.79. The van der Waals surface area contributed by atoms with Gasteiger partial charge >= 0.3 is 0 Å². The van der Waals surface area contributed by atoms with Crippen LogP contribution in [0.3, 0.4) is 0 Å². The van der Waals surface area contributed by atoms with Crippen LogP contribution < -0.4 is 5.32 Å². The number of carbonyl (C=O) groups excluding carboxylic acids is 1. The van der Waals surface area contributed by atoms with E-state index in [0.717, 1.165) is 17.4 Å². The van der Waals surface area contributed by atoms with Crippen molar-refractivity contribution in [2.45, 2.75) is 63.2 Å². The first kappa shape index (κ1) is 15.6. The average molecular weight is 302 g/mol. The normalized spacial score (nSPS) is 31.9. The fourth-order valence-corrected chi connectivity index (χ4v) is 5.59. The highest BCUT2D eigenvalue weighted by molar-refractivity contribution is 8.07. The Morgan fingerprint density at radius 3 is 2.63 bits per heavy atom. The number of rotatable bonds is 5. The highest BCUT2D eigenvalue weighted by atomic mass is 32.2. The van der Waals surface area contributed by atoms with Gasteiger partial charge in [0, 0.05) is 23.3 Å². The first-order chi connectivity index (χ1) is 9.29. The van der Waals surface area contributed by atoms with Crippen molar-refractivity contribution in [3.05, 3.63) is 0 Å². The molecule has 2 nitrogen and oxygen atoms in total. The van der Waals surface area contributed by atoms with Crippen molar-refractivity contribution in [3.8, 4) is 0 Å². The molecule has 0 spiro atoms. The molecule has 0 aromatic heterocycles. The molecule has 2 fully saturated rings. The van der Waals surface area contributed by atoms with E-state index in [0.29, 0.717) is 11.9 Å². The summed E-state index contributed by atoms with van der Waals surface area (Å²) in [6.07, 6.45) is 9.11. The van der Waals surface area contributed by atoms with Crippen LogP contribution in [0, 0.1) is 5.92 Å². The van der Waals surface area contributed by atoms with Crippen molar-refractivity contribution >= 4 is 29.4 Å². The topological polar surface area (TPSA) is 29.1 Å². The molecule has 4 heteroatoms. The molecule has 110 valence electrons. The molecular formula is C15H27NOS2. The van der Waals surface area contributed by atoms with Crippen molar-refractivity contribution in [1.29, 1.82) is 0 Å². The van der Waals surface area contributed by atoms with Crippen LogP contribution in [-0.2, 0) is 4.79 Å². The van der Waals surface area contributed by atoms with Crippen LogP contribution in [0.25, 0.3) is 0 Å². The van der Waals surface area contributed by atoms with Crippen LogP contribution in [0.15, 0.2) is 0 Å². The third kappa shape index (κ3) is 5.22. The predicted octanol–water partition coefficient (Wildman–Crippen LogP) is 3.70. The molecule has 2 aliphatic rings. The summed E-state index contributed by atoms with van der Waals surface area (Å²) in [6, 6.07) is 0.456. The van der Waals surface area contributed by atoms with Gasteiger partial charge in [0.25, 0.3) is 0 Å². The molecule has 0 aromatic carbocycles. The summed E-state index contributed by atoms with van der Waals surface area (Å²) >= 11 is 3.76. The van der Waals surface area contributed by atoms with Crippen molar-refractivity contribution in [2.24, 2.45) is 5.92 Å². The molecule has 1 aliphatic heterocycles.